The minimum Gasteiger partial charge on any atom is -0.394 e. The first-order chi connectivity index (χ1) is 8.43. The van der Waals surface area contributed by atoms with Crippen LogP contribution >= 0.6 is 11.6 Å². The second-order valence-electron chi connectivity index (χ2n) is 3.64. The normalized spacial score (nSPS) is 11.8. The van der Waals surface area contributed by atoms with E-state index in [1.165, 1.54) is 19.1 Å². The number of hydrogen-bond donors (Lipinski definition) is 3. The van der Waals surface area contributed by atoms with Crippen molar-refractivity contribution in [2.45, 2.75) is 13.0 Å². The van der Waals surface area contributed by atoms with E-state index >= 15 is 0 Å². The van der Waals surface area contributed by atoms with Crippen LogP contribution in [-0.2, 0) is 9.59 Å². The molecule has 1 atom stereocenters. The number of halogens is 2. The van der Waals surface area contributed by atoms with Crippen LogP contribution in [0.4, 0.5) is 10.1 Å². The zero-order chi connectivity index (χ0) is 13.7. The highest BCUT2D eigenvalue weighted by Crippen LogP contribution is 2.18. The predicted molar refractivity (Wildman–Crippen MR) is 64.7 cm³/mol. The molecule has 1 rings (SSSR count). The van der Waals surface area contributed by atoms with E-state index in [2.05, 4.69) is 10.6 Å². The average Bonchev–Trinajstić information content (AvgIpc) is 2.32. The van der Waals surface area contributed by atoms with E-state index in [1.54, 1.807) is 0 Å². The lowest BCUT2D eigenvalue weighted by Gasteiger charge is -2.11. The number of nitrogens with one attached hydrogen (secondary N) is 2. The average molecular weight is 275 g/mol. The van der Waals surface area contributed by atoms with E-state index in [4.69, 9.17) is 16.7 Å². The Kier molecular flexibility index (Phi) is 5.06. The topological polar surface area (TPSA) is 78.4 Å². The molecule has 0 heterocycles. The van der Waals surface area contributed by atoms with Crippen molar-refractivity contribution < 1.29 is 19.1 Å². The molecule has 1 aromatic carbocycles. The van der Waals surface area contributed by atoms with Crippen molar-refractivity contribution in [3.05, 3.63) is 29.0 Å². The number of amides is 2. The Morgan fingerprint density at radius 2 is 2.11 bits per heavy atom. The maximum absolute atomic E-state index is 13.3. The quantitative estimate of drug-likeness (QED) is 0.717. The molecule has 5 nitrogen and oxygen atoms in total. The second kappa shape index (κ2) is 6.32. The third-order valence-corrected chi connectivity index (χ3v) is 2.27. The molecule has 0 aliphatic heterocycles. The number of carbonyl (C=O) groups is 2. The van der Waals surface area contributed by atoms with E-state index in [0.717, 1.165) is 6.07 Å². The van der Waals surface area contributed by atoms with Gasteiger partial charge < -0.3 is 15.7 Å². The summed E-state index contributed by atoms with van der Waals surface area (Å²) in [7, 11) is 0. The zero-order valence-electron chi connectivity index (χ0n) is 9.54. The van der Waals surface area contributed by atoms with Crippen LogP contribution in [0.3, 0.4) is 0 Å². The standard InChI is InChI=1S/C11H12ClFN2O3/c1-6(5-16)14-10(17)11(18)15-9-3-2-7(12)4-8(9)13/h2-4,6,16H,5H2,1H3,(H,14,17)(H,15,18). The van der Waals surface area contributed by atoms with Crippen LogP contribution in [0.5, 0.6) is 0 Å². The van der Waals surface area contributed by atoms with Gasteiger partial charge in [-0.25, -0.2) is 4.39 Å². The summed E-state index contributed by atoms with van der Waals surface area (Å²) in [6.07, 6.45) is 0. The fourth-order valence-corrected chi connectivity index (χ4v) is 1.26. The van der Waals surface area contributed by atoms with E-state index in [1.807, 2.05) is 0 Å². The third kappa shape index (κ3) is 3.97. The van der Waals surface area contributed by atoms with Gasteiger partial charge in [0.2, 0.25) is 0 Å². The van der Waals surface area contributed by atoms with Crippen LogP contribution in [0, 0.1) is 5.82 Å². The lowest BCUT2D eigenvalue weighted by molar-refractivity contribution is -0.136. The van der Waals surface area contributed by atoms with E-state index in [-0.39, 0.29) is 17.3 Å². The third-order valence-electron chi connectivity index (χ3n) is 2.04. The fourth-order valence-electron chi connectivity index (χ4n) is 1.10. The van der Waals surface area contributed by atoms with Gasteiger partial charge in [-0.15, -0.1) is 0 Å². The van der Waals surface area contributed by atoms with Gasteiger partial charge in [-0.05, 0) is 25.1 Å². The summed E-state index contributed by atoms with van der Waals surface area (Å²) in [6, 6.07) is 3.09. The number of aliphatic hydroxyl groups is 1. The Bertz CT molecular complexity index is 468. The maximum Gasteiger partial charge on any atom is 0.313 e. The van der Waals surface area contributed by atoms with Crippen molar-refractivity contribution >= 4 is 29.1 Å². The summed E-state index contributed by atoms with van der Waals surface area (Å²) in [5, 5.41) is 13.2. The first kappa shape index (κ1) is 14.4. The lowest BCUT2D eigenvalue weighted by Crippen LogP contribution is -2.42. The minimum absolute atomic E-state index is 0.142. The Labute approximate surface area is 108 Å². The van der Waals surface area contributed by atoms with Crippen molar-refractivity contribution in [1.29, 1.82) is 0 Å². The fraction of sp³-hybridized carbons (Fsp3) is 0.273. The van der Waals surface area contributed by atoms with Gasteiger partial charge in [0.1, 0.15) is 5.82 Å². The lowest BCUT2D eigenvalue weighted by atomic mass is 10.3. The first-order valence-corrected chi connectivity index (χ1v) is 5.49. The number of carbonyl (C=O) groups excluding carboxylic acids is 2. The van der Waals surface area contributed by atoms with E-state index in [9.17, 15) is 14.0 Å². The minimum atomic E-state index is -1.02. The van der Waals surface area contributed by atoms with Crippen LogP contribution in [0.1, 0.15) is 6.92 Å². The summed E-state index contributed by atoms with van der Waals surface area (Å²) in [5.41, 5.74) is -0.142. The zero-order valence-corrected chi connectivity index (χ0v) is 10.3. The molecule has 1 aromatic rings. The van der Waals surface area contributed by atoms with Crippen molar-refractivity contribution in [3.63, 3.8) is 0 Å². The van der Waals surface area contributed by atoms with Crippen molar-refractivity contribution in [3.8, 4) is 0 Å². The molecule has 0 aliphatic carbocycles. The number of hydrogen-bond acceptors (Lipinski definition) is 3. The van der Waals surface area contributed by atoms with Gasteiger partial charge in [0.25, 0.3) is 0 Å². The molecule has 2 amide bonds. The molecule has 18 heavy (non-hydrogen) atoms. The molecule has 7 heteroatoms. The van der Waals surface area contributed by atoms with Gasteiger partial charge in [0.15, 0.2) is 0 Å². The molecule has 98 valence electrons. The summed E-state index contributed by atoms with van der Waals surface area (Å²) < 4.78 is 13.3. The molecule has 0 bridgehead atoms. The number of rotatable bonds is 3. The SMILES string of the molecule is CC(CO)NC(=O)C(=O)Nc1ccc(Cl)cc1F. The van der Waals surface area contributed by atoms with E-state index in [0.29, 0.717) is 0 Å². The van der Waals surface area contributed by atoms with Crippen LogP contribution < -0.4 is 10.6 Å². The molecule has 1 unspecified atom stereocenters. The molecular formula is C11H12ClFN2O3. The summed E-state index contributed by atoms with van der Waals surface area (Å²) >= 11 is 5.54. The van der Waals surface area contributed by atoms with Crippen molar-refractivity contribution in [1.82, 2.24) is 5.32 Å². The van der Waals surface area contributed by atoms with Gasteiger partial charge in [-0.3, -0.25) is 9.59 Å². The molecule has 0 spiro atoms. The number of anilines is 1. The summed E-state index contributed by atoms with van der Waals surface area (Å²) in [5.74, 6) is -2.71. The van der Waals surface area contributed by atoms with Crippen LogP contribution in [0.2, 0.25) is 5.02 Å². The Hall–Kier alpha value is -1.66. The largest absolute Gasteiger partial charge is 0.394 e. The predicted octanol–water partition coefficient (Wildman–Crippen LogP) is 0.915. The monoisotopic (exact) mass is 274 g/mol. The number of benzene rings is 1. The molecule has 3 N–H and O–H groups in total. The molecule has 0 fully saturated rings. The summed E-state index contributed by atoms with van der Waals surface area (Å²) in [4.78, 5) is 22.7. The Morgan fingerprint density at radius 1 is 1.44 bits per heavy atom. The molecule has 0 aromatic heterocycles. The highest BCUT2D eigenvalue weighted by molar-refractivity contribution is 6.39. The highest BCUT2D eigenvalue weighted by atomic mass is 35.5. The molecule has 0 saturated heterocycles. The van der Waals surface area contributed by atoms with Crippen LogP contribution in [0.15, 0.2) is 18.2 Å². The Morgan fingerprint density at radius 3 is 2.67 bits per heavy atom. The van der Waals surface area contributed by atoms with Gasteiger partial charge in [0, 0.05) is 11.1 Å². The Balaban J connectivity index is 2.67. The van der Waals surface area contributed by atoms with Crippen molar-refractivity contribution in [2.75, 3.05) is 11.9 Å². The second-order valence-corrected chi connectivity index (χ2v) is 4.07. The maximum atomic E-state index is 13.3. The van der Waals surface area contributed by atoms with Gasteiger partial charge in [0.05, 0.1) is 12.3 Å². The van der Waals surface area contributed by atoms with Crippen LogP contribution in [-0.4, -0.2) is 29.6 Å². The molecule has 0 radical (unpaired) electrons. The van der Waals surface area contributed by atoms with Gasteiger partial charge in [-0.1, -0.05) is 11.6 Å². The first-order valence-electron chi connectivity index (χ1n) is 5.11. The van der Waals surface area contributed by atoms with Crippen molar-refractivity contribution in [2.24, 2.45) is 0 Å². The molecule has 0 saturated carbocycles. The number of aliphatic hydroxyl groups excluding tert-OH is 1. The molecule has 0 aliphatic rings. The molecular weight excluding hydrogens is 263 g/mol. The summed E-state index contributed by atoms with van der Waals surface area (Å²) in [6.45, 7) is 1.22. The highest BCUT2D eigenvalue weighted by Gasteiger charge is 2.17. The smallest absolute Gasteiger partial charge is 0.313 e. The van der Waals surface area contributed by atoms with Gasteiger partial charge in [-0.2, -0.15) is 0 Å². The van der Waals surface area contributed by atoms with E-state index < -0.39 is 23.7 Å². The van der Waals surface area contributed by atoms with Crippen LogP contribution in [0.25, 0.3) is 0 Å². The van der Waals surface area contributed by atoms with Gasteiger partial charge >= 0.3 is 11.8 Å².